The first-order valence-electron chi connectivity index (χ1n) is 15.4. The van der Waals surface area contributed by atoms with Crippen molar-refractivity contribution in [3.8, 4) is 0 Å². The number of nitrogens with one attached hydrogen (secondary N) is 1. The molecule has 20 heteroatoms. The zero-order valence-electron chi connectivity index (χ0n) is 27.1. The molecule has 0 saturated carbocycles. The number of hydrogen-bond donors (Lipinski definition) is 1. The van der Waals surface area contributed by atoms with Crippen LogP contribution < -0.4 is 5.32 Å². The van der Waals surface area contributed by atoms with Crippen molar-refractivity contribution in [2.24, 2.45) is 10.2 Å². The Bertz CT molecular complexity index is 769. The Hall–Kier alpha value is -2.84. The van der Waals surface area contributed by atoms with E-state index in [1.807, 2.05) is 0 Å². The number of ether oxygens (including phenoxy) is 11. The molecule has 0 aliphatic carbocycles. The molecule has 0 aromatic heterocycles. The molecular formula is C27H51N7O13. The zero-order valence-corrected chi connectivity index (χ0v) is 27.1. The summed E-state index contributed by atoms with van der Waals surface area (Å²) in [5, 5.41) is 9.36. The van der Waals surface area contributed by atoms with Gasteiger partial charge >= 0.3 is 6.09 Å². The number of alkyl carbamates (subject to hydrolysis) is 1. The van der Waals surface area contributed by atoms with Crippen LogP contribution in [0.4, 0.5) is 4.79 Å². The predicted octanol–water partition coefficient (Wildman–Crippen LogP) is 1.46. The molecule has 0 spiro atoms. The third-order valence-corrected chi connectivity index (χ3v) is 5.18. The molecule has 0 aliphatic rings. The van der Waals surface area contributed by atoms with E-state index in [1.54, 1.807) is 0 Å². The van der Waals surface area contributed by atoms with Crippen LogP contribution >= 0.6 is 0 Å². The number of amides is 1. The lowest BCUT2D eigenvalue weighted by Crippen LogP contribution is -2.36. The molecule has 0 radical (unpaired) electrons. The van der Waals surface area contributed by atoms with Gasteiger partial charge in [0.15, 0.2) is 6.10 Å². The summed E-state index contributed by atoms with van der Waals surface area (Å²) < 4.78 is 59.3. The van der Waals surface area contributed by atoms with Crippen LogP contribution in [0.2, 0.25) is 0 Å². The summed E-state index contributed by atoms with van der Waals surface area (Å²) >= 11 is 0. The predicted molar refractivity (Wildman–Crippen MR) is 165 cm³/mol. The number of azide groups is 2. The van der Waals surface area contributed by atoms with Crippen molar-refractivity contribution in [3.05, 3.63) is 20.9 Å². The van der Waals surface area contributed by atoms with Gasteiger partial charge in [-0.3, -0.25) is 0 Å². The first-order chi connectivity index (χ1) is 23.2. The summed E-state index contributed by atoms with van der Waals surface area (Å²) in [6, 6.07) is 0. The van der Waals surface area contributed by atoms with Crippen molar-refractivity contribution < 1.29 is 61.7 Å². The molecule has 272 valence electrons. The van der Waals surface area contributed by atoms with Gasteiger partial charge in [0.25, 0.3) is 0 Å². The van der Waals surface area contributed by atoms with Crippen molar-refractivity contribution >= 4 is 12.4 Å². The second-order valence-electron chi connectivity index (χ2n) is 8.87. The largest absolute Gasteiger partial charge is 0.441 e. The molecule has 0 aromatic carbocycles. The molecular weight excluding hydrogens is 630 g/mol. The number of carbonyl (C=O) groups is 2. The molecule has 0 fully saturated rings. The third kappa shape index (κ3) is 37.5. The third-order valence-electron chi connectivity index (χ3n) is 5.18. The van der Waals surface area contributed by atoms with Gasteiger partial charge in [-0.25, -0.2) is 4.79 Å². The van der Waals surface area contributed by atoms with Crippen LogP contribution in [0, 0.1) is 0 Å². The first kappa shape index (κ1) is 44.2. The van der Waals surface area contributed by atoms with E-state index < -0.39 is 12.2 Å². The van der Waals surface area contributed by atoms with E-state index in [9.17, 15) is 9.59 Å². The highest BCUT2D eigenvalue weighted by molar-refractivity contribution is 5.67. The van der Waals surface area contributed by atoms with E-state index in [0.717, 1.165) is 6.29 Å². The second kappa shape index (κ2) is 39.3. The summed E-state index contributed by atoms with van der Waals surface area (Å²) in [7, 11) is 0. The SMILES string of the molecule is [N-]=[N+]=NCCOCCOCCOCC(COCCOCCOCCN=[N+]=[N-])OC(=O)NCCOCCOCCOCCOCCC=O. The molecule has 20 nitrogen and oxygen atoms in total. The van der Waals surface area contributed by atoms with E-state index in [4.69, 9.17) is 63.2 Å². The van der Waals surface area contributed by atoms with Gasteiger partial charge in [-0.05, 0) is 11.1 Å². The Morgan fingerprint density at radius 3 is 1.32 bits per heavy atom. The molecule has 0 aromatic rings. The number of nitrogens with zero attached hydrogens (tertiary/aromatic N) is 6. The Labute approximate surface area is 275 Å². The Morgan fingerprint density at radius 2 is 0.915 bits per heavy atom. The minimum Gasteiger partial charge on any atom is -0.441 e. The lowest BCUT2D eigenvalue weighted by molar-refractivity contribution is -0.109. The molecule has 0 rings (SSSR count). The standard InChI is InChI=1S/C27H51N7O13/c28-33-31-3-8-39-12-16-43-20-22-45-24-26(25-46-23-21-44-17-13-40-9-4-32-34-29)47-27(36)30-2-7-38-11-15-42-19-18-41-14-10-37-6-1-5-35/h5,26H,1-4,6-25H2,(H,30,36). The maximum Gasteiger partial charge on any atom is 0.407 e. The molecule has 0 saturated heterocycles. The van der Waals surface area contributed by atoms with Gasteiger partial charge in [-0.1, -0.05) is 10.2 Å². The number of aldehydes is 1. The quantitative estimate of drug-likeness (QED) is 0.0319. The van der Waals surface area contributed by atoms with Crippen LogP contribution in [0.5, 0.6) is 0 Å². The number of carbonyl (C=O) groups excluding carboxylic acids is 2. The normalized spacial score (nSPS) is 11.4. The maximum absolute atomic E-state index is 12.3. The van der Waals surface area contributed by atoms with E-state index in [0.29, 0.717) is 106 Å². The van der Waals surface area contributed by atoms with Gasteiger partial charge < -0.3 is 62.2 Å². The molecule has 47 heavy (non-hydrogen) atoms. The van der Waals surface area contributed by atoms with Crippen LogP contribution in [0.1, 0.15) is 6.42 Å². The van der Waals surface area contributed by atoms with Crippen molar-refractivity contribution in [1.29, 1.82) is 0 Å². The smallest absolute Gasteiger partial charge is 0.407 e. The van der Waals surface area contributed by atoms with Gasteiger partial charge in [0.05, 0.1) is 132 Å². The molecule has 0 aliphatic heterocycles. The van der Waals surface area contributed by atoms with Crippen LogP contribution in [-0.2, 0) is 56.9 Å². The zero-order chi connectivity index (χ0) is 34.1. The average molecular weight is 682 g/mol. The van der Waals surface area contributed by atoms with Crippen LogP contribution in [-0.4, -0.2) is 170 Å². The highest BCUT2D eigenvalue weighted by atomic mass is 16.6. The minimum absolute atomic E-state index is 0.0874. The Kier molecular flexibility index (Phi) is 37.0. The monoisotopic (exact) mass is 681 g/mol. The number of hydrogen-bond acceptors (Lipinski definition) is 15. The Balaban J connectivity index is 4.04. The van der Waals surface area contributed by atoms with Crippen LogP contribution in [0.25, 0.3) is 20.9 Å². The van der Waals surface area contributed by atoms with Crippen LogP contribution in [0.15, 0.2) is 10.2 Å². The van der Waals surface area contributed by atoms with Crippen molar-refractivity contribution in [2.45, 2.75) is 12.5 Å². The average Bonchev–Trinajstić information content (AvgIpc) is 3.07. The lowest BCUT2D eigenvalue weighted by Gasteiger charge is -2.19. The van der Waals surface area contributed by atoms with E-state index in [1.165, 1.54) is 0 Å². The van der Waals surface area contributed by atoms with Gasteiger partial charge in [-0.15, -0.1) is 0 Å². The molecule has 0 unspecified atom stereocenters. The fourth-order valence-electron chi connectivity index (χ4n) is 3.04. The Morgan fingerprint density at radius 1 is 0.553 bits per heavy atom. The van der Waals surface area contributed by atoms with Gasteiger partial charge in [0.1, 0.15) is 6.29 Å². The summed E-state index contributed by atoms with van der Waals surface area (Å²) in [5.41, 5.74) is 16.4. The van der Waals surface area contributed by atoms with E-state index in [-0.39, 0.29) is 52.7 Å². The van der Waals surface area contributed by atoms with Crippen molar-refractivity contribution in [3.63, 3.8) is 0 Å². The van der Waals surface area contributed by atoms with Crippen molar-refractivity contribution in [2.75, 3.05) is 152 Å². The maximum atomic E-state index is 12.3. The van der Waals surface area contributed by atoms with Gasteiger partial charge in [0, 0.05) is 35.9 Å². The fraction of sp³-hybridized carbons (Fsp3) is 0.926. The molecule has 1 N–H and O–H groups in total. The van der Waals surface area contributed by atoms with E-state index >= 15 is 0 Å². The topological polar surface area (TPSA) is 245 Å². The lowest BCUT2D eigenvalue weighted by atomic mass is 10.4. The summed E-state index contributed by atoms with van der Waals surface area (Å²) in [5.74, 6) is 0. The summed E-state index contributed by atoms with van der Waals surface area (Å²) in [6.45, 7) is 7.24. The molecule has 0 heterocycles. The molecule has 0 bridgehead atoms. The first-order valence-corrected chi connectivity index (χ1v) is 15.4. The van der Waals surface area contributed by atoms with Gasteiger partial charge in [-0.2, -0.15) is 0 Å². The van der Waals surface area contributed by atoms with Crippen LogP contribution in [0.3, 0.4) is 0 Å². The molecule has 0 atom stereocenters. The molecule has 1 amide bonds. The van der Waals surface area contributed by atoms with Crippen molar-refractivity contribution in [1.82, 2.24) is 5.32 Å². The fourth-order valence-corrected chi connectivity index (χ4v) is 3.04. The van der Waals surface area contributed by atoms with E-state index in [2.05, 4.69) is 25.4 Å². The highest BCUT2D eigenvalue weighted by Gasteiger charge is 2.15. The summed E-state index contributed by atoms with van der Waals surface area (Å²) in [6.07, 6.45) is -0.135. The highest BCUT2D eigenvalue weighted by Crippen LogP contribution is 1.98. The second-order valence-corrected chi connectivity index (χ2v) is 8.87. The van der Waals surface area contributed by atoms with Gasteiger partial charge in [0.2, 0.25) is 0 Å². The summed E-state index contributed by atoms with van der Waals surface area (Å²) in [4.78, 5) is 27.8. The number of rotatable bonds is 38. The minimum atomic E-state index is -0.678.